The van der Waals surface area contributed by atoms with Crippen LogP contribution >= 0.6 is 11.8 Å². The number of amides is 1. The molecule has 0 saturated heterocycles. The molecule has 0 radical (unpaired) electrons. The molecule has 3 aromatic carbocycles. The number of hydrogen-bond acceptors (Lipinski definition) is 2. The van der Waals surface area contributed by atoms with Crippen LogP contribution in [0, 0.1) is 20.8 Å². The standard InChI is InChI=1S/C28H29NOS/c1-18-7-5-10-21-13-15-28(25(18)21)16-14-22-11-6-12-23(26(22)28)29-24(30)17-31-27-19(2)8-4-9-20(27)3/h4-12H,13-17H2,1-3H3,(H,29,30)/t28-/m1/s1. The van der Waals surface area contributed by atoms with Gasteiger partial charge in [-0.05, 0) is 91.5 Å². The minimum Gasteiger partial charge on any atom is -0.325 e. The molecule has 0 bridgehead atoms. The van der Waals surface area contributed by atoms with Crippen molar-refractivity contribution in [2.45, 2.75) is 56.8 Å². The van der Waals surface area contributed by atoms with Crippen LogP contribution in [0.25, 0.3) is 0 Å². The van der Waals surface area contributed by atoms with Crippen molar-refractivity contribution in [3.05, 3.63) is 93.5 Å². The first-order chi connectivity index (χ1) is 15.0. The lowest BCUT2D eigenvalue weighted by Crippen LogP contribution is -2.25. The van der Waals surface area contributed by atoms with Crippen molar-refractivity contribution >= 4 is 23.4 Å². The molecule has 1 amide bonds. The molecule has 1 atom stereocenters. The van der Waals surface area contributed by atoms with E-state index in [0.717, 1.165) is 31.4 Å². The van der Waals surface area contributed by atoms with Crippen LogP contribution in [-0.2, 0) is 23.1 Å². The van der Waals surface area contributed by atoms with Gasteiger partial charge in [0.25, 0.3) is 0 Å². The summed E-state index contributed by atoms with van der Waals surface area (Å²) in [6.07, 6.45) is 4.50. The van der Waals surface area contributed by atoms with Crippen LogP contribution < -0.4 is 5.32 Å². The zero-order chi connectivity index (χ0) is 21.6. The molecule has 0 aliphatic heterocycles. The number of carbonyl (C=O) groups is 1. The average Bonchev–Trinajstić information content (AvgIpc) is 3.31. The van der Waals surface area contributed by atoms with Crippen molar-refractivity contribution < 1.29 is 4.79 Å². The number of aryl methyl sites for hydroxylation is 5. The molecule has 2 aliphatic carbocycles. The lowest BCUT2D eigenvalue weighted by atomic mass is 9.74. The molecule has 0 heterocycles. The van der Waals surface area contributed by atoms with Crippen molar-refractivity contribution in [3.8, 4) is 0 Å². The Bertz CT molecular complexity index is 1160. The van der Waals surface area contributed by atoms with Gasteiger partial charge < -0.3 is 5.32 Å². The predicted octanol–water partition coefficient (Wildman–Crippen LogP) is 6.52. The smallest absolute Gasteiger partial charge is 0.234 e. The minimum absolute atomic E-state index is 0.0552. The third kappa shape index (κ3) is 3.40. The molecule has 2 nitrogen and oxygen atoms in total. The molecule has 3 heteroatoms. The molecule has 158 valence electrons. The van der Waals surface area contributed by atoms with Gasteiger partial charge in [-0.25, -0.2) is 0 Å². The second kappa shape index (κ2) is 7.87. The fraction of sp³-hybridized carbons (Fsp3) is 0.321. The third-order valence-corrected chi connectivity index (χ3v) is 8.48. The Morgan fingerprint density at radius 1 is 0.839 bits per heavy atom. The van der Waals surface area contributed by atoms with Gasteiger partial charge in [-0.2, -0.15) is 0 Å². The van der Waals surface area contributed by atoms with Crippen LogP contribution in [0.5, 0.6) is 0 Å². The van der Waals surface area contributed by atoms with E-state index in [4.69, 9.17) is 0 Å². The second-order valence-corrected chi connectivity index (χ2v) is 10.1. The Morgan fingerprint density at radius 3 is 2.13 bits per heavy atom. The lowest BCUT2D eigenvalue weighted by molar-refractivity contribution is -0.113. The van der Waals surface area contributed by atoms with Gasteiger partial charge >= 0.3 is 0 Å². The zero-order valence-electron chi connectivity index (χ0n) is 18.5. The molecule has 0 fully saturated rings. The molecule has 2 aliphatic rings. The van der Waals surface area contributed by atoms with E-state index in [9.17, 15) is 4.79 Å². The molecule has 31 heavy (non-hydrogen) atoms. The van der Waals surface area contributed by atoms with Gasteiger partial charge in [0, 0.05) is 16.0 Å². The zero-order valence-corrected chi connectivity index (χ0v) is 19.4. The van der Waals surface area contributed by atoms with Crippen molar-refractivity contribution in [1.82, 2.24) is 0 Å². The van der Waals surface area contributed by atoms with Gasteiger partial charge in [-0.1, -0.05) is 48.5 Å². The van der Waals surface area contributed by atoms with Crippen LogP contribution in [0.3, 0.4) is 0 Å². The molecule has 0 saturated carbocycles. The molecule has 1 N–H and O–H groups in total. The molecule has 5 rings (SSSR count). The molecule has 3 aromatic rings. The van der Waals surface area contributed by atoms with E-state index < -0.39 is 0 Å². The molecular formula is C28H29NOS. The molecular weight excluding hydrogens is 398 g/mol. The van der Waals surface area contributed by atoms with Gasteiger partial charge in [0.05, 0.1) is 5.75 Å². The van der Waals surface area contributed by atoms with Gasteiger partial charge in [0.15, 0.2) is 0 Å². The number of nitrogens with one attached hydrogen (secondary N) is 1. The minimum atomic E-state index is 0.0552. The summed E-state index contributed by atoms with van der Waals surface area (Å²) in [4.78, 5) is 14.2. The third-order valence-electron chi connectivity index (χ3n) is 7.14. The van der Waals surface area contributed by atoms with Crippen LogP contribution in [0.4, 0.5) is 5.69 Å². The van der Waals surface area contributed by atoms with Crippen LogP contribution in [0.2, 0.25) is 0 Å². The van der Waals surface area contributed by atoms with Crippen molar-refractivity contribution in [2.24, 2.45) is 0 Å². The van der Waals surface area contributed by atoms with Crippen molar-refractivity contribution in [2.75, 3.05) is 11.1 Å². The van der Waals surface area contributed by atoms with Crippen LogP contribution in [0.1, 0.15) is 51.8 Å². The van der Waals surface area contributed by atoms with Gasteiger partial charge in [0.1, 0.15) is 0 Å². The van der Waals surface area contributed by atoms with Gasteiger partial charge in [-0.3, -0.25) is 4.79 Å². The maximum absolute atomic E-state index is 13.0. The van der Waals surface area contributed by atoms with E-state index in [0.29, 0.717) is 5.75 Å². The van der Waals surface area contributed by atoms with E-state index >= 15 is 0 Å². The van der Waals surface area contributed by atoms with Crippen molar-refractivity contribution in [1.29, 1.82) is 0 Å². The lowest BCUT2D eigenvalue weighted by Gasteiger charge is -2.30. The normalized spacial score (nSPS) is 18.8. The van der Waals surface area contributed by atoms with Crippen molar-refractivity contribution in [3.63, 3.8) is 0 Å². The Labute approximate surface area is 189 Å². The van der Waals surface area contributed by atoms with Crippen LogP contribution in [0.15, 0.2) is 59.5 Å². The summed E-state index contributed by atoms with van der Waals surface area (Å²) in [7, 11) is 0. The SMILES string of the molecule is Cc1cccc(C)c1SCC(=O)Nc1cccc2c1[C@]1(CCc3cccc(C)c31)CC2. The second-order valence-electron chi connectivity index (χ2n) is 9.09. The first kappa shape index (κ1) is 20.4. The summed E-state index contributed by atoms with van der Waals surface area (Å²) in [6, 6.07) is 19.5. The summed E-state index contributed by atoms with van der Waals surface area (Å²) in [5.41, 5.74) is 10.7. The van der Waals surface area contributed by atoms with E-state index in [-0.39, 0.29) is 11.3 Å². The molecule has 0 unspecified atom stereocenters. The van der Waals surface area contributed by atoms with Gasteiger partial charge in [0.2, 0.25) is 5.91 Å². The van der Waals surface area contributed by atoms with Crippen LogP contribution in [-0.4, -0.2) is 11.7 Å². The largest absolute Gasteiger partial charge is 0.325 e. The summed E-state index contributed by atoms with van der Waals surface area (Å²) < 4.78 is 0. The van der Waals surface area contributed by atoms with E-state index in [1.54, 1.807) is 11.8 Å². The topological polar surface area (TPSA) is 29.1 Å². The predicted molar refractivity (Wildman–Crippen MR) is 130 cm³/mol. The number of fused-ring (bicyclic) bond motifs is 4. The fourth-order valence-corrected chi connectivity index (χ4v) is 6.84. The Morgan fingerprint density at radius 2 is 1.42 bits per heavy atom. The van der Waals surface area contributed by atoms with Gasteiger partial charge in [-0.15, -0.1) is 11.8 Å². The molecule has 0 aromatic heterocycles. The first-order valence-corrected chi connectivity index (χ1v) is 12.2. The quantitative estimate of drug-likeness (QED) is 0.480. The van der Waals surface area contributed by atoms with E-state index in [1.807, 2.05) is 0 Å². The number of carbonyl (C=O) groups excluding carboxylic acids is 1. The Kier molecular flexibility index (Phi) is 5.18. The number of anilines is 1. The monoisotopic (exact) mass is 427 g/mol. The maximum Gasteiger partial charge on any atom is 0.234 e. The molecule has 1 spiro atoms. The fourth-order valence-electron chi connectivity index (χ4n) is 5.90. The summed E-state index contributed by atoms with van der Waals surface area (Å²) in [5.74, 6) is 0.504. The Balaban J connectivity index is 1.44. The first-order valence-electron chi connectivity index (χ1n) is 11.2. The highest BCUT2D eigenvalue weighted by atomic mass is 32.2. The summed E-state index contributed by atoms with van der Waals surface area (Å²) >= 11 is 1.64. The maximum atomic E-state index is 13.0. The average molecular weight is 428 g/mol. The highest BCUT2D eigenvalue weighted by Crippen LogP contribution is 2.55. The summed E-state index contributed by atoms with van der Waals surface area (Å²) in [5, 5.41) is 3.29. The summed E-state index contributed by atoms with van der Waals surface area (Å²) in [6.45, 7) is 6.47. The Hall–Kier alpha value is -2.52. The number of hydrogen-bond donors (Lipinski definition) is 1. The highest BCUT2D eigenvalue weighted by Gasteiger charge is 2.46. The number of benzene rings is 3. The highest BCUT2D eigenvalue weighted by molar-refractivity contribution is 8.00. The van der Waals surface area contributed by atoms with E-state index in [2.05, 4.69) is 80.7 Å². The number of rotatable bonds is 4. The number of thioether (sulfide) groups is 1. The van der Waals surface area contributed by atoms with E-state index in [1.165, 1.54) is 43.8 Å².